The number of hydrogen-bond donors (Lipinski definition) is 0. The lowest BCUT2D eigenvalue weighted by molar-refractivity contribution is 0.590. The van der Waals surface area contributed by atoms with E-state index in [0.29, 0.717) is 0 Å². The molecule has 0 saturated carbocycles. The van der Waals surface area contributed by atoms with Crippen molar-refractivity contribution in [3.63, 3.8) is 0 Å². The van der Waals surface area contributed by atoms with E-state index in [1.54, 1.807) is 0 Å². The molecule has 66 heavy (non-hydrogen) atoms. The van der Waals surface area contributed by atoms with E-state index in [-0.39, 0.29) is 16.2 Å². The minimum atomic E-state index is -0.103. The summed E-state index contributed by atoms with van der Waals surface area (Å²) in [4.78, 5) is 4.83. The Morgan fingerprint density at radius 3 is 1.29 bits per heavy atom. The van der Waals surface area contributed by atoms with Crippen molar-refractivity contribution in [1.82, 2.24) is 0 Å². The first-order valence-corrected chi connectivity index (χ1v) is 23.4. The van der Waals surface area contributed by atoms with Gasteiger partial charge in [-0.2, -0.15) is 0 Å². The van der Waals surface area contributed by atoms with Crippen LogP contribution in [-0.4, -0.2) is 0 Å². The fourth-order valence-electron chi connectivity index (χ4n) is 10.7. The van der Waals surface area contributed by atoms with Crippen LogP contribution >= 0.6 is 0 Å². The Labute approximate surface area is 391 Å². The molecule has 0 saturated heterocycles. The largest absolute Gasteiger partial charge is 0.310 e. The maximum Gasteiger partial charge on any atom is 0.0540 e. The average molecular weight is 853 g/mol. The Kier molecular flexibility index (Phi) is 9.78. The van der Waals surface area contributed by atoms with Crippen LogP contribution in [0, 0.1) is 0 Å². The predicted molar refractivity (Wildman–Crippen MR) is 283 cm³/mol. The van der Waals surface area contributed by atoms with Gasteiger partial charge >= 0.3 is 0 Å². The molecule has 0 spiro atoms. The molecule has 0 fully saturated rings. The summed E-state index contributed by atoms with van der Waals surface area (Å²) < 4.78 is 0. The van der Waals surface area contributed by atoms with Crippen LogP contribution < -0.4 is 9.80 Å². The molecule has 0 heterocycles. The summed E-state index contributed by atoms with van der Waals surface area (Å²) in [6.07, 6.45) is 4.44. The van der Waals surface area contributed by atoms with Gasteiger partial charge in [-0.15, -0.1) is 0 Å². The van der Waals surface area contributed by atoms with Crippen molar-refractivity contribution in [1.29, 1.82) is 0 Å². The SMILES string of the molecule is CC(C)(C)c1ccc(N(c2ccc(C=Cc3ccc(N(c4ccc5c(c4)C(C)(C)c4ccccc4-5)c4ccc5c(c4)C(C)(C)c4ccccc4-5)cc3)cc2)c2cccc3ccccc23)cc1. The van der Waals surface area contributed by atoms with Crippen molar-refractivity contribution < 1.29 is 0 Å². The van der Waals surface area contributed by atoms with Gasteiger partial charge in [0.2, 0.25) is 0 Å². The Morgan fingerprint density at radius 2 is 0.773 bits per heavy atom. The van der Waals surface area contributed by atoms with Gasteiger partial charge in [0.25, 0.3) is 0 Å². The second-order valence-corrected chi connectivity index (χ2v) is 20.3. The minimum Gasteiger partial charge on any atom is -0.310 e. The first-order valence-electron chi connectivity index (χ1n) is 23.4. The fraction of sp³-hybridized carbons (Fsp3) is 0.156. The van der Waals surface area contributed by atoms with Gasteiger partial charge in [0.1, 0.15) is 0 Å². The molecule has 0 amide bonds. The molecule has 0 bridgehead atoms. The molecule has 0 unspecified atom stereocenters. The molecule has 9 aromatic rings. The molecule has 2 aliphatic rings. The lowest BCUT2D eigenvalue weighted by Gasteiger charge is -2.29. The summed E-state index contributed by atoms with van der Waals surface area (Å²) in [6.45, 7) is 16.3. The molecule has 0 aliphatic heterocycles. The summed E-state index contributed by atoms with van der Waals surface area (Å²) in [6, 6.07) is 74.2. The van der Waals surface area contributed by atoms with E-state index in [9.17, 15) is 0 Å². The van der Waals surface area contributed by atoms with E-state index in [1.807, 2.05) is 0 Å². The lowest BCUT2D eigenvalue weighted by atomic mass is 9.82. The van der Waals surface area contributed by atoms with Crippen LogP contribution in [-0.2, 0) is 16.2 Å². The molecule has 2 heteroatoms. The van der Waals surface area contributed by atoms with E-state index in [0.717, 1.165) is 45.3 Å². The Balaban J connectivity index is 0.925. The molecule has 0 aromatic heterocycles. The Morgan fingerprint density at radius 1 is 0.364 bits per heavy atom. The Bertz CT molecular complexity index is 3210. The van der Waals surface area contributed by atoms with Crippen molar-refractivity contribution >= 4 is 57.0 Å². The number of anilines is 6. The molecular formula is C64H56N2. The number of fused-ring (bicyclic) bond motifs is 7. The number of hydrogen-bond acceptors (Lipinski definition) is 2. The molecule has 0 N–H and O–H groups in total. The Hall–Kier alpha value is -7.42. The van der Waals surface area contributed by atoms with Crippen LogP contribution in [0.1, 0.15) is 87.4 Å². The predicted octanol–water partition coefficient (Wildman–Crippen LogP) is 17.9. The van der Waals surface area contributed by atoms with Crippen LogP contribution in [0.2, 0.25) is 0 Å². The minimum absolute atomic E-state index is 0.0802. The van der Waals surface area contributed by atoms with Crippen LogP contribution in [0.4, 0.5) is 34.1 Å². The average Bonchev–Trinajstić information content (AvgIpc) is 3.70. The van der Waals surface area contributed by atoms with Gasteiger partial charge in [-0.05, 0) is 139 Å². The van der Waals surface area contributed by atoms with Crippen molar-refractivity contribution in [3.05, 3.63) is 239 Å². The fourth-order valence-corrected chi connectivity index (χ4v) is 10.7. The van der Waals surface area contributed by atoms with Crippen molar-refractivity contribution in [2.45, 2.75) is 64.7 Å². The third kappa shape index (κ3) is 6.95. The normalized spacial score (nSPS) is 14.2. The number of rotatable bonds is 8. The maximum atomic E-state index is 2.45. The zero-order valence-corrected chi connectivity index (χ0v) is 39.1. The van der Waals surface area contributed by atoms with Crippen LogP contribution in [0.15, 0.2) is 200 Å². The second kappa shape index (κ2) is 15.6. The third-order valence-electron chi connectivity index (χ3n) is 14.4. The monoisotopic (exact) mass is 852 g/mol. The highest BCUT2D eigenvalue weighted by Gasteiger charge is 2.37. The van der Waals surface area contributed by atoms with Crippen molar-refractivity contribution in [2.75, 3.05) is 9.80 Å². The van der Waals surface area contributed by atoms with E-state index < -0.39 is 0 Å². The van der Waals surface area contributed by atoms with Gasteiger partial charge in [0, 0.05) is 44.7 Å². The highest BCUT2D eigenvalue weighted by molar-refractivity contribution is 5.99. The molecule has 0 radical (unpaired) electrons. The second-order valence-electron chi connectivity index (χ2n) is 20.3. The molecular weight excluding hydrogens is 797 g/mol. The van der Waals surface area contributed by atoms with Crippen LogP contribution in [0.25, 0.3) is 45.2 Å². The van der Waals surface area contributed by atoms with Crippen molar-refractivity contribution in [2.24, 2.45) is 0 Å². The van der Waals surface area contributed by atoms with Gasteiger partial charge in [-0.1, -0.05) is 194 Å². The number of benzene rings is 9. The standard InChI is InChI=1S/C64H56N2/c1-62(2,3)46-29-35-49(36-30-46)66(61-22-14-16-45-15-8-9-17-52(45)61)48-33-27-44(28-34-48)24-23-43-25-31-47(32-26-43)65(50-37-39-55-53-18-10-12-20-57(53)63(4,5)59(55)41-50)51-38-40-56-54-19-11-13-21-58(54)64(6,7)60(56)42-51/h8-42H,1-7H3. The van der Waals surface area contributed by atoms with Crippen LogP contribution in [0.3, 0.4) is 0 Å². The highest BCUT2D eigenvalue weighted by Crippen LogP contribution is 2.53. The molecule has 2 aliphatic carbocycles. The third-order valence-corrected chi connectivity index (χ3v) is 14.4. The summed E-state index contributed by atoms with van der Waals surface area (Å²) in [5.41, 5.74) is 21.2. The van der Waals surface area contributed by atoms with Crippen molar-refractivity contribution in [3.8, 4) is 22.3 Å². The van der Waals surface area contributed by atoms with Crippen LogP contribution in [0.5, 0.6) is 0 Å². The van der Waals surface area contributed by atoms with Gasteiger partial charge in [-0.3, -0.25) is 0 Å². The molecule has 11 rings (SSSR count). The molecule has 2 nitrogen and oxygen atoms in total. The molecule has 9 aromatic carbocycles. The quantitative estimate of drug-likeness (QED) is 0.141. The lowest BCUT2D eigenvalue weighted by Crippen LogP contribution is -2.18. The maximum absolute atomic E-state index is 2.45. The summed E-state index contributed by atoms with van der Waals surface area (Å²) in [7, 11) is 0. The van der Waals surface area contributed by atoms with E-state index in [1.165, 1.54) is 60.8 Å². The molecule has 0 atom stereocenters. The van der Waals surface area contributed by atoms with E-state index >= 15 is 0 Å². The zero-order chi connectivity index (χ0) is 45.4. The number of nitrogens with zero attached hydrogens (tertiary/aromatic N) is 2. The molecule has 322 valence electrons. The summed E-state index contributed by atoms with van der Waals surface area (Å²) >= 11 is 0. The van der Waals surface area contributed by atoms with Gasteiger partial charge in [0.05, 0.1) is 5.69 Å². The van der Waals surface area contributed by atoms with Gasteiger partial charge in [0.15, 0.2) is 0 Å². The first-order chi connectivity index (χ1) is 31.9. The topological polar surface area (TPSA) is 6.48 Å². The zero-order valence-electron chi connectivity index (χ0n) is 39.1. The highest BCUT2D eigenvalue weighted by atomic mass is 15.1. The van der Waals surface area contributed by atoms with Gasteiger partial charge in [-0.25, -0.2) is 0 Å². The van der Waals surface area contributed by atoms with E-state index in [2.05, 4.69) is 271 Å². The first kappa shape index (κ1) is 41.3. The van der Waals surface area contributed by atoms with E-state index in [4.69, 9.17) is 0 Å². The summed E-state index contributed by atoms with van der Waals surface area (Å²) in [5.74, 6) is 0. The smallest absolute Gasteiger partial charge is 0.0540 e. The van der Waals surface area contributed by atoms with Gasteiger partial charge < -0.3 is 9.80 Å². The summed E-state index contributed by atoms with van der Waals surface area (Å²) in [5, 5.41) is 2.45.